The summed E-state index contributed by atoms with van der Waals surface area (Å²) in [6, 6.07) is 16.0. The van der Waals surface area contributed by atoms with E-state index in [9.17, 15) is 10.1 Å². The number of halogens is 1. The van der Waals surface area contributed by atoms with Crippen LogP contribution in [0.15, 0.2) is 53.0 Å². The second-order valence-electron chi connectivity index (χ2n) is 4.41. The Bertz CT molecular complexity index is 662. The summed E-state index contributed by atoms with van der Waals surface area (Å²) >= 11 is 3.40. The molecule has 0 fully saturated rings. The Labute approximate surface area is 126 Å². The fourth-order valence-electron chi connectivity index (χ4n) is 1.78. The predicted molar refractivity (Wildman–Crippen MR) is 81.1 cm³/mol. The number of aryl methyl sites for hydroxylation is 1. The fraction of sp³-hybridized carbons (Fsp3) is 0.125. The molecule has 0 bridgehead atoms. The van der Waals surface area contributed by atoms with Gasteiger partial charge in [-0.05, 0) is 30.2 Å². The van der Waals surface area contributed by atoms with Crippen LogP contribution in [0.3, 0.4) is 0 Å². The Kier molecular flexibility index (Phi) is 4.54. The molecule has 0 saturated carbocycles. The number of nitrogens with one attached hydrogen (secondary N) is 1. The van der Waals surface area contributed by atoms with E-state index >= 15 is 0 Å². The average molecular weight is 329 g/mol. The van der Waals surface area contributed by atoms with E-state index in [1.807, 2.05) is 43.3 Å². The van der Waals surface area contributed by atoms with Crippen LogP contribution in [0.4, 0.5) is 0 Å². The lowest BCUT2D eigenvalue weighted by molar-refractivity contribution is 0.0945. The van der Waals surface area contributed by atoms with Crippen LogP contribution < -0.4 is 5.32 Å². The zero-order chi connectivity index (χ0) is 14.5. The van der Waals surface area contributed by atoms with Gasteiger partial charge in [0.15, 0.2) is 0 Å². The maximum Gasteiger partial charge on any atom is 0.252 e. The van der Waals surface area contributed by atoms with Gasteiger partial charge in [-0.15, -0.1) is 0 Å². The third-order valence-electron chi connectivity index (χ3n) is 2.97. The molecule has 2 aromatic rings. The van der Waals surface area contributed by atoms with Crippen molar-refractivity contribution in [1.82, 2.24) is 5.32 Å². The number of carbonyl (C=O) groups is 1. The van der Waals surface area contributed by atoms with E-state index in [2.05, 4.69) is 27.3 Å². The summed E-state index contributed by atoms with van der Waals surface area (Å²) < 4.78 is 0.873. The second kappa shape index (κ2) is 6.36. The van der Waals surface area contributed by atoms with Gasteiger partial charge in [-0.25, -0.2) is 0 Å². The molecule has 0 saturated heterocycles. The van der Waals surface area contributed by atoms with E-state index in [0.29, 0.717) is 5.56 Å². The van der Waals surface area contributed by atoms with E-state index in [4.69, 9.17) is 0 Å². The van der Waals surface area contributed by atoms with E-state index in [-0.39, 0.29) is 5.91 Å². The van der Waals surface area contributed by atoms with Gasteiger partial charge in [0.2, 0.25) is 0 Å². The Hall–Kier alpha value is -2.12. The van der Waals surface area contributed by atoms with Crippen LogP contribution in [0.5, 0.6) is 0 Å². The van der Waals surface area contributed by atoms with Gasteiger partial charge in [0.1, 0.15) is 6.04 Å². The molecule has 0 aliphatic carbocycles. The molecule has 0 aromatic heterocycles. The monoisotopic (exact) mass is 328 g/mol. The maximum atomic E-state index is 12.2. The minimum atomic E-state index is -0.649. The number of hydrogen-bond donors (Lipinski definition) is 1. The predicted octanol–water partition coefficient (Wildman–Crippen LogP) is 3.75. The summed E-state index contributed by atoms with van der Waals surface area (Å²) in [5, 5.41) is 11.9. The molecule has 3 nitrogen and oxygen atoms in total. The highest BCUT2D eigenvalue weighted by Crippen LogP contribution is 2.18. The normalized spacial score (nSPS) is 11.4. The topological polar surface area (TPSA) is 52.9 Å². The molecule has 1 amide bonds. The van der Waals surface area contributed by atoms with Gasteiger partial charge in [-0.3, -0.25) is 4.79 Å². The molecule has 0 aliphatic rings. The zero-order valence-corrected chi connectivity index (χ0v) is 12.5. The van der Waals surface area contributed by atoms with Gasteiger partial charge in [-0.1, -0.05) is 52.3 Å². The maximum absolute atomic E-state index is 12.2. The van der Waals surface area contributed by atoms with Crippen LogP contribution in [0.2, 0.25) is 0 Å². The first-order valence-corrected chi connectivity index (χ1v) is 6.92. The summed E-state index contributed by atoms with van der Waals surface area (Å²) in [5.74, 6) is -0.263. The van der Waals surface area contributed by atoms with Crippen molar-refractivity contribution >= 4 is 21.8 Å². The van der Waals surface area contributed by atoms with Crippen molar-refractivity contribution in [2.75, 3.05) is 0 Å². The molecular weight excluding hydrogens is 316 g/mol. The molecule has 0 heterocycles. The summed E-state index contributed by atoms with van der Waals surface area (Å²) in [7, 11) is 0. The van der Waals surface area contributed by atoms with Crippen LogP contribution in [0, 0.1) is 18.3 Å². The molecular formula is C16H13BrN2O. The lowest BCUT2D eigenvalue weighted by atomic mass is 10.1. The van der Waals surface area contributed by atoms with Crippen molar-refractivity contribution < 1.29 is 4.79 Å². The highest BCUT2D eigenvalue weighted by atomic mass is 79.9. The van der Waals surface area contributed by atoms with Crippen LogP contribution >= 0.6 is 15.9 Å². The first-order valence-electron chi connectivity index (χ1n) is 6.13. The first-order chi connectivity index (χ1) is 9.61. The van der Waals surface area contributed by atoms with Gasteiger partial charge in [0.25, 0.3) is 5.91 Å². The number of rotatable bonds is 3. The number of carbonyl (C=O) groups excluding carboxylic acids is 1. The third kappa shape index (κ3) is 3.25. The molecule has 1 N–H and O–H groups in total. The third-order valence-corrected chi connectivity index (χ3v) is 3.83. The molecule has 20 heavy (non-hydrogen) atoms. The Morgan fingerprint density at radius 2 is 1.95 bits per heavy atom. The lowest BCUT2D eigenvalue weighted by Gasteiger charge is -2.12. The van der Waals surface area contributed by atoms with Gasteiger partial charge in [0.05, 0.1) is 6.07 Å². The van der Waals surface area contributed by atoms with Crippen LogP contribution in [-0.4, -0.2) is 5.91 Å². The van der Waals surface area contributed by atoms with Crippen LogP contribution in [0.1, 0.15) is 27.5 Å². The quantitative estimate of drug-likeness (QED) is 0.932. The standard InChI is InChI=1S/C16H13BrN2O/c1-11-7-8-13(9-14(11)17)16(20)19-15(10-18)12-5-3-2-4-6-12/h2-9,15H,1H3,(H,19,20). The van der Waals surface area contributed by atoms with Crippen LogP contribution in [0.25, 0.3) is 0 Å². The number of nitrogens with zero attached hydrogens (tertiary/aromatic N) is 1. The summed E-state index contributed by atoms with van der Waals surface area (Å²) in [6.07, 6.45) is 0. The first kappa shape index (κ1) is 14.3. The second-order valence-corrected chi connectivity index (χ2v) is 5.26. The average Bonchev–Trinajstić information content (AvgIpc) is 2.48. The van der Waals surface area contributed by atoms with Gasteiger partial charge < -0.3 is 5.32 Å². The number of amides is 1. The van der Waals surface area contributed by atoms with Crippen molar-refractivity contribution in [3.05, 3.63) is 69.7 Å². The molecule has 1 unspecified atom stereocenters. The SMILES string of the molecule is Cc1ccc(C(=O)NC(C#N)c2ccccc2)cc1Br. The van der Waals surface area contributed by atoms with Crippen molar-refractivity contribution in [3.8, 4) is 6.07 Å². The molecule has 0 spiro atoms. The molecule has 100 valence electrons. The van der Waals surface area contributed by atoms with Crippen molar-refractivity contribution in [3.63, 3.8) is 0 Å². The summed E-state index contributed by atoms with van der Waals surface area (Å²) in [6.45, 7) is 1.95. The Balaban J connectivity index is 2.18. The van der Waals surface area contributed by atoms with Crippen molar-refractivity contribution in [1.29, 1.82) is 5.26 Å². The van der Waals surface area contributed by atoms with Gasteiger partial charge in [0, 0.05) is 10.0 Å². The Morgan fingerprint density at radius 3 is 2.55 bits per heavy atom. The number of benzene rings is 2. The van der Waals surface area contributed by atoms with E-state index < -0.39 is 6.04 Å². The summed E-state index contributed by atoms with van der Waals surface area (Å²) in [4.78, 5) is 12.2. The van der Waals surface area contributed by atoms with Gasteiger partial charge >= 0.3 is 0 Å². The van der Waals surface area contributed by atoms with E-state index in [1.165, 1.54) is 0 Å². The molecule has 1 atom stereocenters. The molecule has 0 aliphatic heterocycles. The largest absolute Gasteiger partial charge is 0.333 e. The van der Waals surface area contributed by atoms with Crippen LogP contribution in [-0.2, 0) is 0 Å². The minimum Gasteiger partial charge on any atom is -0.333 e. The highest BCUT2D eigenvalue weighted by Gasteiger charge is 2.15. The van der Waals surface area contributed by atoms with Crippen molar-refractivity contribution in [2.45, 2.75) is 13.0 Å². The van der Waals surface area contributed by atoms with Crippen molar-refractivity contribution in [2.24, 2.45) is 0 Å². The molecule has 0 radical (unpaired) electrons. The lowest BCUT2D eigenvalue weighted by Crippen LogP contribution is -2.27. The summed E-state index contributed by atoms with van der Waals surface area (Å²) in [5.41, 5.74) is 2.36. The van der Waals surface area contributed by atoms with E-state index in [1.54, 1.807) is 12.1 Å². The molecule has 2 aromatic carbocycles. The molecule has 2 rings (SSSR count). The molecule has 4 heteroatoms. The highest BCUT2D eigenvalue weighted by molar-refractivity contribution is 9.10. The minimum absolute atomic E-state index is 0.263. The van der Waals surface area contributed by atoms with Gasteiger partial charge in [-0.2, -0.15) is 5.26 Å². The van der Waals surface area contributed by atoms with E-state index in [0.717, 1.165) is 15.6 Å². The smallest absolute Gasteiger partial charge is 0.252 e. The number of nitriles is 1. The Morgan fingerprint density at radius 1 is 1.25 bits per heavy atom. The zero-order valence-electron chi connectivity index (χ0n) is 10.9. The number of hydrogen-bond acceptors (Lipinski definition) is 2. The fourth-order valence-corrected chi connectivity index (χ4v) is 2.16.